The predicted molar refractivity (Wildman–Crippen MR) is 79.6 cm³/mol. The number of rotatable bonds is 10. The van der Waals surface area contributed by atoms with Crippen LogP contribution >= 0.6 is 0 Å². The van der Waals surface area contributed by atoms with Gasteiger partial charge < -0.3 is 10.1 Å². The summed E-state index contributed by atoms with van der Waals surface area (Å²) in [6.45, 7) is 5.48. The summed E-state index contributed by atoms with van der Waals surface area (Å²) in [5.41, 5.74) is 1.17. The summed E-state index contributed by atoms with van der Waals surface area (Å²) in [7, 11) is 3.71. The van der Waals surface area contributed by atoms with Crippen LogP contribution in [0.1, 0.15) is 64.1 Å². The molecule has 110 valence electrons. The maximum atomic E-state index is 5.43. The number of nitrogens with zero attached hydrogens (tertiary/aromatic N) is 2. The quantitative estimate of drug-likeness (QED) is 0.660. The summed E-state index contributed by atoms with van der Waals surface area (Å²) in [4.78, 5) is 0. The molecule has 0 aromatic carbocycles. The Kier molecular flexibility index (Phi) is 7.56. The molecule has 1 heterocycles. The van der Waals surface area contributed by atoms with Crippen LogP contribution < -0.4 is 10.1 Å². The monoisotopic (exact) mass is 267 g/mol. The molecule has 0 saturated heterocycles. The molecule has 0 fully saturated rings. The Morgan fingerprint density at radius 2 is 2.05 bits per heavy atom. The first-order chi connectivity index (χ1) is 9.24. The largest absolute Gasteiger partial charge is 0.493 e. The van der Waals surface area contributed by atoms with E-state index in [9.17, 15) is 0 Å². The maximum Gasteiger partial charge on any atom is 0.161 e. The molecule has 1 N–H and O–H groups in total. The van der Waals surface area contributed by atoms with E-state index in [1.165, 1.54) is 31.4 Å². The van der Waals surface area contributed by atoms with Gasteiger partial charge in [-0.05, 0) is 19.4 Å². The highest BCUT2D eigenvalue weighted by atomic mass is 16.5. The Labute approximate surface area is 117 Å². The van der Waals surface area contributed by atoms with Gasteiger partial charge in [0.15, 0.2) is 5.75 Å². The predicted octanol–water partition coefficient (Wildman–Crippen LogP) is 3.44. The van der Waals surface area contributed by atoms with Gasteiger partial charge in [-0.2, -0.15) is 5.10 Å². The first-order valence-electron chi connectivity index (χ1n) is 7.53. The number of aryl methyl sites for hydroxylation is 1. The fraction of sp³-hybridized carbons (Fsp3) is 0.800. The highest BCUT2D eigenvalue weighted by Gasteiger charge is 2.19. The Hall–Kier alpha value is -1.03. The van der Waals surface area contributed by atoms with Gasteiger partial charge in [0.25, 0.3) is 0 Å². The van der Waals surface area contributed by atoms with Crippen molar-refractivity contribution in [3.05, 3.63) is 11.9 Å². The molecule has 0 aliphatic carbocycles. The SMILES string of the molecule is CCCCCCC(NCCC)c1c(OC)cnn1C. The number of aromatic nitrogens is 2. The molecule has 19 heavy (non-hydrogen) atoms. The van der Waals surface area contributed by atoms with E-state index >= 15 is 0 Å². The van der Waals surface area contributed by atoms with Crippen molar-refractivity contribution in [1.82, 2.24) is 15.1 Å². The van der Waals surface area contributed by atoms with Crippen LogP contribution in [0.5, 0.6) is 5.75 Å². The van der Waals surface area contributed by atoms with E-state index < -0.39 is 0 Å². The van der Waals surface area contributed by atoms with Crippen LogP contribution in [0.15, 0.2) is 6.20 Å². The molecule has 0 radical (unpaired) electrons. The topological polar surface area (TPSA) is 39.1 Å². The zero-order valence-corrected chi connectivity index (χ0v) is 12.9. The van der Waals surface area contributed by atoms with Crippen LogP contribution in [-0.2, 0) is 7.05 Å². The average molecular weight is 267 g/mol. The van der Waals surface area contributed by atoms with Crippen molar-refractivity contribution in [2.24, 2.45) is 7.05 Å². The third kappa shape index (κ3) is 4.86. The lowest BCUT2D eigenvalue weighted by Gasteiger charge is -2.20. The average Bonchev–Trinajstić information content (AvgIpc) is 2.79. The number of hydrogen-bond donors (Lipinski definition) is 1. The number of ether oxygens (including phenoxy) is 1. The van der Waals surface area contributed by atoms with Gasteiger partial charge in [0.2, 0.25) is 0 Å². The van der Waals surface area contributed by atoms with Crippen molar-refractivity contribution in [1.29, 1.82) is 0 Å². The van der Waals surface area contributed by atoms with Crippen molar-refractivity contribution in [3.8, 4) is 5.75 Å². The second kappa shape index (κ2) is 8.97. The molecule has 0 spiro atoms. The van der Waals surface area contributed by atoms with Crippen LogP contribution in [-0.4, -0.2) is 23.4 Å². The molecule has 1 unspecified atom stereocenters. The lowest BCUT2D eigenvalue weighted by molar-refractivity contribution is 0.383. The summed E-state index contributed by atoms with van der Waals surface area (Å²) in [6.07, 6.45) is 9.26. The summed E-state index contributed by atoms with van der Waals surface area (Å²) >= 11 is 0. The normalized spacial score (nSPS) is 12.6. The van der Waals surface area contributed by atoms with Gasteiger partial charge in [-0.3, -0.25) is 4.68 Å². The molecule has 1 aromatic heterocycles. The number of hydrogen-bond acceptors (Lipinski definition) is 3. The van der Waals surface area contributed by atoms with Gasteiger partial charge in [0.05, 0.1) is 25.0 Å². The van der Waals surface area contributed by atoms with E-state index in [0.29, 0.717) is 6.04 Å². The Bertz CT molecular complexity index is 349. The summed E-state index contributed by atoms with van der Waals surface area (Å²) in [5, 5.41) is 7.94. The van der Waals surface area contributed by atoms with E-state index in [4.69, 9.17) is 4.74 Å². The Balaban J connectivity index is 2.68. The zero-order chi connectivity index (χ0) is 14.1. The Morgan fingerprint density at radius 3 is 2.68 bits per heavy atom. The highest BCUT2D eigenvalue weighted by molar-refractivity contribution is 5.28. The second-order valence-electron chi connectivity index (χ2n) is 5.08. The molecule has 0 saturated carbocycles. The molecule has 1 atom stereocenters. The highest BCUT2D eigenvalue weighted by Crippen LogP contribution is 2.28. The number of nitrogens with one attached hydrogen (secondary N) is 1. The fourth-order valence-corrected chi connectivity index (χ4v) is 2.41. The maximum absolute atomic E-state index is 5.43. The molecule has 4 heteroatoms. The van der Waals surface area contributed by atoms with Crippen molar-refractivity contribution >= 4 is 0 Å². The molecule has 0 bridgehead atoms. The fourth-order valence-electron chi connectivity index (χ4n) is 2.41. The van der Waals surface area contributed by atoms with Crippen LogP contribution in [0.3, 0.4) is 0 Å². The van der Waals surface area contributed by atoms with E-state index in [0.717, 1.165) is 25.1 Å². The summed E-state index contributed by atoms with van der Waals surface area (Å²) in [6, 6.07) is 0.347. The van der Waals surface area contributed by atoms with E-state index in [1.54, 1.807) is 7.11 Å². The third-order valence-electron chi connectivity index (χ3n) is 3.49. The summed E-state index contributed by atoms with van der Waals surface area (Å²) in [5.74, 6) is 0.895. The molecule has 0 amide bonds. The van der Waals surface area contributed by atoms with Crippen LogP contribution in [0.4, 0.5) is 0 Å². The van der Waals surface area contributed by atoms with Crippen molar-refractivity contribution in [3.63, 3.8) is 0 Å². The number of methoxy groups -OCH3 is 1. The van der Waals surface area contributed by atoms with Crippen LogP contribution in [0.2, 0.25) is 0 Å². The van der Waals surface area contributed by atoms with E-state index in [2.05, 4.69) is 24.3 Å². The minimum Gasteiger partial charge on any atom is -0.493 e. The van der Waals surface area contributed by atoms with Crippen molar-refractivity contribution in [2.45, 2.75) is 58.4 Å². The lowest BCUT2D eigenvalue weighted by Crippen LogP contribution is -2.24. The van der Waals surface area contributed by atoms with Gasteiger partial charge in [-0.15, -0.1) is 0 Å². The van der Waals surface area contributed by atoms with Gasteiger partial charge in [-0.1, -0.05) is 39.5 Å². The van der Waals surface area contributed by atoms with Crippen LogP contribution in [0, 0.1) is 0 Å². The van der Waals surface area contributed by atoms with E-state index in [-0.39, 0.29) is 0 Å². The lowest BCUT2D eigenvalue weighted by atomic mass is 10.0. The molecule has 1 aromatic rings. The van der Waals surface area contributed by atoms with Gasteiger partial charge >= 0.3 is 0 Å². The van der Waals surface area contributed by atoms with Crippen molar-refractivity contribution in [2.75, 3.05) is 13.7 Å². The molecule has 4 nitrogen and oxygen atoms in total. The van der Waals surface area contributed by atoms with Crippen LogP contribution in [0.25, 0.3) is 0 Å². The number of unbranched alkanes of at least 4 members (excludes halogenated alkanes) is 3. The Morgan fingerprint density at radius 1 is 1.26 bits per heavy atom. The first-order valence-corrected chi connectivity index (χ1v) is 7.53. The molecular weight excluding hydrogens is 238 g/mol. The van der Waals surface area contributed by atoms with Gasteiger partial charge in [0, 0.05) is 7.05 Å². The summed E-state index contributed by atoms with van der Waals surface area (Å²) < 4.78 is 7.37. The zero-order valence-electron chi connectivity index (χ0n) is 12.9. The minimum atomic E-state index is 0.347. The molecular formula is C15H29N3O. The molecule has 1 rings (SSSR count). The second-order valence-corrected chi connectivity index (χ2v) is 5.08. The first kappa shape index (κ1) is 16.0. The molecule has 0 aliphatic rings. The smallest absolute Gasteiger partial charge is 0.161 e. The third-order valence-corrected chi connectivity index (χ3v) is 3.49. The molecule has 0 aliphatic heterocycles. The van der Waals surface area contributed by atoms with Gasteiger partial charge in [-0.25, -0.2) is 0 Å². The minimum absolute atomic E-state index is 0.347. The standard InChI is InChI=1S/C15H29N3O/c1-5-7-8-9-10-13(16-11-6-2)15-14(19-4)12-17-18(15)3/h12-13,16H,5-11H2,1-4H3. The van der Waals surface area contributed by atoms with Crippen molar-refractivity contribution < 1.29 is 4.74 Å². The van der Waals surface area contributed by atoms with E-state index in [1.807, 2.05) is 17.9 Å². The van der Waals surface area contributed by atoms with Gasteiger partial charge in [0.1, 0.15) is 0 Å².